The minimum Gasteiger partial charge on any atom is -0.299 e. The van der Waals surface area contributed by atoms with Crippen molar-refractivity contribution in [1.82, 2.24) is 0 Å². The number of carbonyl (C=O) groups excluding carboxylic acids is 2. The molecule has 0 heterocycles. The fourth-order valence-electron chi connectivity index (χ4n) is 2.81. The summed E-state index contributed by atoms with van der Waals surface area (Å²) in [7, 11) is 0. The van der Waals surface area contributed by atoms with Gasteiger partial charge in [-0.2, -0.15) is 0 Å². The summed E-state index contributed by atoms with van der Waals surface area (Å²) in [5, 5.41) is 0. The molecule has 76 valence electrons. The second kappa shape index (κ2) is 3.34. The summed E-state index contributed by atoms with van der Waals surface area (Å²) in [6.45, 7) is 2.06. The van der Waals surface area contributed by atoms with Gasteiger partial charge in [0.25, 0.3) is 0 Å². The van der Waals surface area contributed by atoms with Crippen LogP contribution in [0, 0.1) is 5.41 Å². The SMILES string of the molecule is CC[C@]12CCC(=O)C=C1CCCC2=O. The van der Waals surface area contributed by atoms with Crippen LogP contribution >= 0.6 is 0 Å². The van der Waals surface area contributed by atoms with Crippen LogP contribution in [-0.2, 0) is 9.59 Å². The standard InChI is InChI=1S/C12H16O2/c1-2-12-7-6-10(13)8-9(12)4-3-5-11(12)14/h8H,2-7H2,1H3/t12-/m0/s1. The molecule has 0 aromatic carbocycles. The van der Waals surface area contributed by atoms with Gasteiger partial charge in [-0.15, -0.1) is 0 Å². The Morgan fingerprint density at radius 3 is 2.79 bits per heavy atom. The molecule has 2 aliphatic rings. The van der Waals surface area contributed by atoms with Crippen molar-refractivity contribution in [2.75, 3.05) is 0 Å². The predicted octanol–water partition coefficient (Wildman–Crippen LogP) is 2.43. The molecule has 0 aromatic rings. The van der Waals surface area contributed by atoms with Crippen LogP contribution in [0.15, 0.2) is 11.6 Å². The van der Waals surface area contributed by atoms with Crippen LogP contribution in [0.25, 0.3) is 0 Å². The maximum atomic E-state index is 11.9. The molecule has 1 fully saturated rings. The molecule has 2 heteroatoms. The number of rotatable bonds is 1. The fourth-order valence-corrected chi connectivity index (χ4v) is 2.81. The van der Waals surface area contributed by atoms with Crippen molar-refractivity contribution in [3.05, 3.63) is 11.6 Å². The van der Waals surface area contributed by atoms with E-state index < -0.39 is 0 Å². The van der Waals surface area contributed by atoms with Crippen molar-refractivity contribution in [3.8, 4) is 0 Å². The van der Waals surface area contributed by atoms with Gasteiger partial charge >= 0.3 is 0 Å². The van der Waals surface area contributed by atoms with Crippen LogP contribution in [0.3, 0.4) is 0 Å². The van der Waals surface area contributed by atoms with Crippen LogP contribution in [0.4, 0.5) is 0 Å². The molecule has 0 radical (unpaired) electrons. The summed E-state index contributed by atoms with van der Waals surface area (Å²) >= 11 is 0. The molecule has 0 spiro atoms. The molecule has 0 amide bonds. The molecule has 2 nitrogen and oxygen atoms in total. The number of hydrogen-bond acceptors (Lipinski definition) is 2. The average molecular weight is 192 g/mol. The second-order valence-corrected chi connectivity index (χ2v) is 4.35. The maximum Gasteiger partial charge on any atom is 0.155 e. The number of carbonyl (C=O) groups is 2. The van der Waals surface area contributed by atoms with E-state index >= 15 is 0 Å². The van der Waals surface area contributed by atoms with Crippen molar-refractivity contribution in [2.24, 2.45) is 5.41 Å². The van der Waals surface area contributed by atoms with Crippen LogP contribution in [0.2, 0.25) is 0 Å². The van der Waals surface area contributed by atoms with E-state index in [1.54, 1.807) is 6.08 Å². The monoisotopic (exact) mass is 192 g/mol. The number of fused-ring (bicyclic) bond motifs is 1. The third-order valence-electron chi connectivity index (χ3n) is 3.74. The molecule has 0 N–H and O–H groups in total. The first-order chi connectivity index (χ1) is 6.69. The first-order valence-corrected chi connectivity index (χ1v) is 5.46. The topological polar surface area (TPSA) is 34.1 Å². The highest BCUT2D eigenvalue weighted by atomic mass is 16.1. The molecule has 2 aliphatic carbocycles. The summed E-state index contributed by atoms with van der Waals surface area (Å²) in [6.07, 6.45) is 6.51. The Bertz CT molecular complexity index is 314. The van der Waals surface area contributed by atoms with E-state index in [1.807, 2.05) is 0 Å². The van der Waals surface area contributed by atoms with Crippen LogP contribution in [0.1, 0.15) is 45.4 Å². The van der Waals surface area contributed by atoms with Crippen molar-refractivity contribution < 1.29 is 9.59 Å². The molecule has 0 saturated heterocycles. The summed E-state index contributed by atoms with van der Waals surface area (Å²) < 4.78 is 0. The Kier molecular flexibility index (Phi) is 2.30. The first kappa shape index (κ1) is 9.63. The van der Waals surface area contributed by atoms with E-state index in [0.29, 0.717) is 18.6 Å². The maximum absolute atomic E-state index is 11.9. The van der Waals surface area contributed by atoms with Crippen molar-refractivity contribution in [3.63, 3.8) is 0 Å². The van der Waals surface area contributed by atoms with Crippen molar-refractivity contribution in [1.29, 1.82) is 0 Å². The predicted molar refractivity (Wildman–Crippen MR) is 53.9 cm³/mol. The molecule has 0 aromatic heterocycles. The highest BCUT2D eigenvalue weighted by Gasteiger charge is 2.43. The second-order valence-electron chi connectivity index (χ2n) is 4.35. The van der Waals surface area contributed by atoms with Gasteiger partial charge in [-0.1, -0.05) is 12.5 Å². The van der Waals surface area contributed by atoms with E-state index in [1.165, 1.54) is 0 Å². The molecule has 1 saturated carbocycles. The summed E-state index contributed by atoms with van der Waals surface area (Å²) in [4.78, 5) is 23.2. The summed E-state index contributed by atoms with van der Waals surface area (Å²) in [6, 6.07) is 0. The number of hydrogen-bond donors (Lipinski definition) is 0. The van der Waals surface area contributed by atoms with Gasteiger partial charge in [-0.3, -0.25) is 9.59 Å². The molecule has 14 heavy (non-hydrogen) atoms. The van der Waals surface area contributed by atoms with E-state index in [9.17, 15) is 9.59 Å². The first-order valence-electron chi connectivity index (χ1n) is 5.46. The Hall–Kier alpha value is -0.920. The Balaban J connectivity index is 2.42. The highest BCUT2D eigenvalue weighted by Crippen LogP contribution is 2.46. The van der Waals surface area contributed by atoms with Crippen LogP contribution < -0.4 is 0 Å². The Morgan fingerprint density at radius 1 is 1.29 bits per heavy atom. The normalized spacial score (nSPS) is 32.5. The zero-order valence-corrected chi connectivity index (χ0v) is 8.64. The van der Waals surface area contributed by atoms with Gasteiger partial charge in [-0.05, 0) is 31.8 Å². The number of Topliss-reactive ketones (excluding diaryl/α,β-unsaturated/α-hetero) is 1. The van der Waals surface area contributed by atoms with Gasteiger partial charge < -0.3 is 0 Å². The average Bonchev–Trinajstić information content (AvgIpc) is 2.18. The third kappa shape index (κ3) is 1.24. The van der Waals surface area contributed by atoms with Crippen molar-refractivity contribution >= 4 is 11.6 Å². The van der Waals surface area contributed by atoms with E-state index in [4.69, 9.17) is 0 Å². The minimum absolute atomic E-state index is 0.207. The van der Waals surface area contributed by atoms with Gasteiger partial charge in [0.2, 0.25) is 0 Å². The molecule has 0 bridgehead atoms. The molecule has 0 aliphatic heterocycles. The third-order valence-corrected chi connectivity index (χ3v) is 3.74. The van der Waals surface area contributed by atoms with Gasteiger partial charge in [0, 0.05) is 12.8 Å². The lowest BCUT2D eigenvalue weighted by molar-refractivity contribution is -0.130. The minimum atomic E-state index is -0.244. The van der Waals surface area contributed by atoms with Gasteiger partial charge in [0.15, 0.2) is 5.78 Å². The van der Waals surface area contributed by atoms with Gasteiger partial charge in [0.1, 0.15) is 5.78 Å². The zero-order valence-electron chi connectivity index (χ0n) is 8.64. The smallest absolute Gasteiger partial charge is 0.155 e. The zero-order chi connectivity index (χ0) is 10.2. The number of ketones is 2. The molecular formula is C12H16O2. The molecule has 0 unspecified atom stereocenters. The molecule has 1 atom stereocenters. The van der Waals surface area contributed by atoms with E-state index in [2.05, 4.69) is 6.92 Å². The Labute approximate surface area is 84.4 Å². The molecular weight excluding hydrogens is 176 g/mol. The summed E-state index contributed by atoms with van der Waals surface area (Å²) in [5.41, 5.74) is 0.874. The number of allylic oxidation sites excluding steroid dienone is 2. The Morgan fingerprint density at radius 2 is 2.07 bits per heavy atom. The lowest BCUT2D eigenvalue weighted by atomic mass is 9.62. The summed E-state index contributed by atoms with van der Waals surface area (Å²) in [5.74, 6) is 0.573. The highest BCUT2D eigenvalue weighted by molar-refractivity contribution is 5.97. The van der Waals surface area contributed by atoms with Gasteiger partial charge in [0.05, 0.1) is 5.41 Å². The quantitative estimate of drug-likeness (QED) is 0.639. The van der Waals surface area contributed by atoms with Gasteiger partial charge in [-0.25, -0.2) is 0 Å². The van der Waals surface area contributed by atoms with Crippen LogP contribution in [-0.4, -0.2) is 11.6 Å². The lowest BCUT2D eigenvalue weighted by Crippen LogP contribution is -2.38. The molecule has 2 rings (SSSR count). The fraction of sp³-hybridized carbons (Fsp3) is 0.667. The van der Waals surface area contributed by atoms with Crippen molar-refractivity contribution in [2.45, 2.75) is 45.4 Å². The van der Waals surface area contributed by atoms with E-state index in [0.717, 1.165) is 31.3 Å². The van der Waals surface area contributed by atoms with E-state index in [-0.39, 0.29) is 11.2 Å². The van der Waals surface area contributed by atoms with Crippen LogP contribution in [0.5, 0.6) is 0 Å². The largest absolute Gasteiger partial charge is 0.299 e. The lowest BCUT2D eigenvalue weighted by Gasteiger charge is -2.39.